The summed E-state index contributed by atoms with van der Waals surface area (Å²) in [5, 5.41) is 3.30. The second kappa shape index (κ2) is 2.31. The monoisotopic (exact) mass is 98.1 g/mol. The first-order valence-electron chi connectivity index (χ1n) is 2.91. The fourth-order valence-electron chi connectivity index (χ4n) is 0.905. The van der Waals surface area contributed by atoms with Gasteiger partial charge in [-0.3, -0.25) is 0 Å². The van der Waals surface area contributed by atoms with Crippen LogP contribution in [0.1, 0.15) is 19.8 Å². The van der Waals surface area contributed by atoms with Crippen molar-refractivity contribution in [3.63, 3.8) is 0 Å². The molecule has 1 aliphatic heterocycles. The zero-order valence-corrected chi connectivity index (χ0v) is 4.83. The first-order chi connectivity index (χ1) is 3.39. The van der Waals surface area contributed by atoms with E-state index >= 15 is 0 Å². The molecule has 1 rings (SSSR count). The summed E-state index contributed by atoms with van der Waals surface area (Å²) in [7, 11) is 0. The van der Waals surface area contributed by atoms with Crippen LogP contribution in [0.5, 0.6) is 0 Å². The summed E-state index contributed by atoms with van der Waals surface area (Å²) in [6.07, 6.45) is 2.68. The van der Waals surface area contributed by atoms with Crippen molar-refractivity contribution >= 4 is 0 Å². The lowest BCUT2D eigenvalue weighted by atomic mass is 10.0. The van der Waals surface area contributed by atoms with E-state index in [-0.39, 0.29) is 0 Å². The number of hydrogen-bond donors (Lipinski definition) is 1. The molecule has 0 aromatic rings. The van der Waals surface area contributed by atoms with Gasteiger partial charge in [0.05, 0.1) is 0 Å². The van der Waals surface area contributed by atoms with Crippen LogP contribution >= 0.6 is 0 Å². The van der Waals surface area contributed by atoms with Gasteiger partial charge < -0.3 is 5.32 Å². The fraction of sp³-hybridized carbons (Fsp3) is 0.833. The van der Waals surface area contributed by atoms with Crippen molar-refractivity contribution in [2.24, 2.45) is 0 Å². The molecule has 1 heteroatoms. The molecule has 0 unspecified atom stereocenters. The third kappa shape index (κ3) is 1.48. The van der Waals surface area contributed by atoms with Crippen molar-refractivity contribution in [2.75, 3.05) is 13.1 Å². The smallest absolute Gasteiger partial charge is 0.00109 e. The van der Waals surface area contributed by atoms with E-state index in [2.05, 4.69) is 12.2 Å². The Morgan fingerprint density at radius 3 is 2.71 bits per heavy atom. The molecule has 1 heterocycles. The van der Waals surface area contributed by atoms with Crippen molar-refractivity contribution in [2.45, 2.75) is 19.8 Å². The highest BCUT2D eigenvalue weighted by Gasteiger charge is 2.05. The average molecular weight is 98.2 g/mol. The van der Waals surface area contributed by atoms with E-state index in [4.69, 9.17) is 0 Å². The van der Waals surface area contributed by atoms with E-state index in [9.17, 15) is 0 Å². The Bertz CT molecular complexity index is 46.1. The molecule has 41 valence electrons. The number of nitrogens with one attached hydrogen (secondary N) is 1. The minimum Gasteiger partial charge on any atom is -0.316 e. The third-order valence-corrected chi connectivity index (χ3v) is 1.38. The fourth-order valence-corrected chi connectivity index (χ4v) is 0.905. The predicted octanol–water partition coefficient (Wildman–Crippen LogP) is 0.964. The third-order valence-electron chi connectivity index (χ3n) is 1.38. The maximum Gasteiger partial charge on any atom is 0.00109 e. The Hall–Kier alpha value is -0.0400. The maximum atomic E-state index is 3.30. The highest BCUT2D eigenvalue weighted by atomic mass is 14.9. The van der Waals surface area contributed by atoms with Gasteiger partial charge in [-0.05, 0) is 25.3 Å². The summed E-state index contributed by atoms with van der Waals surface area (Å²) >= 11 is 0. The molecule has 0 bridgehead atoms. The van der Waals surface area contributed by atoms with Crippen LogP contribution < -0.4 is 5.32 Å². The number of rotatable bonds is 0. The minimum absolute atomic E-state index is 1.15. The first kappa shape index (κ1) is 5.10. The van der Waals surface area contributed by atoms with Gasteiger partial charge in [-0.15, -0.1) is 0 Å². The standard InChI is InChI=1S/C6H12N/c1-6-3-2-4-7-5-6/h7H,2-5H2,1H3. The molecule has 1 aliphatic rings. The van der Waals surface area contributed by atoms with E-state index in [1.54, 1.807) is 5.92 Å². The van der Waals surface area contributed by atoms with E-state index in [1.165, 1.54) is 19.4 Å². The highest BCUT2D eigenvalue weighted by Crippen LogP contribution is 2.08. The second-order valence-corrected chi connectivity index (χ2v) is 2.24. The van der Waals surface area contributed by atoms with Crippen LogP contribution in [0, 0.1) is 5.92 Å². The molecule has 1 fully saturated rings. The summed E-state index contributed by atoms with van der Waals surface area (Å²) < 4.78 is 0. The topological polar surface area (TPSA) is 12.0 Å². The lowest BCUT2D eigenvalue weighted by molar-refractivity contribution is 0.552. The molecule has 0 spiro atoms. The van der Waals surface area contributed by atoms with Crippen LogP contribution in [0.3, 0.4) is 0 Å². The molecule has 7 heavy (non-hydrogen) atoms. The van der Waals surface area contributed by atoms with Gasteiger partial charge in [0.2, 0.25) is 0 Å². The van der Waals surface area contributed by atoms with E-state index in [0.717, 1.165) is 6.54 Å². The molecule has 1 nitrogen and oxygen atoms in total. The van der Waals surface area contributed by atoms with E-state index in [0.29, 0.717) is 0 Å². The van der Waals surface area contributed by atoms with Crippen molar-refractivity contribution in [1.29, 1.82) is 0 Å². The van der Waals surface area contributed by atoms with Gasteiger partial charge >= 0.3 is 0 Å². The quantitative estimate of drug-likeness (QED) is 0.476. The Balaban J connectivity index is 2.12. The van der Waals surface area contributed by atoms with Crippen molar-refractivity contribution in [3.05, 3.63) is 5.92 Å². The second-order valence-electron chi connectivity index (χ2n) is 2.24. The average Bonchev–Trinajstić information content (AvgIpc) is 1.69. The first-order valence-corrected chi connectivity index (χ1v) is 2.91. The van der Waals surface area contributed by atoms with Gasteiger partial charge in [-0.25, -0.2) is 0 Å². The SMILES string of the molecule is C[C]1CCCNC1. The zero-order valence-electron chi connectivity index (χ0n) is 4.83. The summed E-state index contributed by atoms with van der Waals surface area (Å²) in [5.74, 6) is 1.60. The molecule has 0 saturated carbocycles. The van der Waals surface area contributed by atoms with Crippen molar-refractivity contribution in [1.82, 2.24) is 5.32 Å². The van der Waals surface area contributed by atoms with Gasteiger partial charge in [0.15, 0.2) is 0 Å². The summed E-state index contributed by atoms with van der Waals surface area (Å²) in [6.45, 7) is 4.59. The molecule has 0 aliphatic carbocycles. The zero-order chi connectivity index (χ0) is 5.11. The van der Waals surface area contributed by atoms with E-state index in [1.807, 2.05) is 0 Å². The molecule has 0 aromatic carbocycles. The van der Waals surface area contributed by atoms with Crippen LogP contribution in [0.25, 0.3) is 0 Å². The molecule has 0 amide bonds. The lowest BCUT2D eigenvalue weighted by Gasteiger charge is -2.16. The molecular formula is C6H12N. The summed E-state index contributed by atoms with van der Waals surface area (Å²) in [5.41, 5.74) is 0. The molecule has 1 saturated heterocycles. The Labute approximate surface area is 45.1 Å². The van der Waals surface area contributed by atoms with Gasteiger partial charge in [0.1, 0.15) is 0 Å². The number of hydrogen-bond acceptors (Lipinski definition) is 1. The number of piperidine rings is 1. The van der Waals surface area contributed by atoms with Crippen LogP contribution in [0.2, 0.25) is 0 Å². The van der Waals surface area contributed by atoms with Crippen molar-refractivity contribution < 1.29 is 0 Å². The van der Waals surface area contributed by atoms with Gasteiger partial charge in [0, 0.05) is 6.54 Å². The summed E-state index contributed by atoms with van der Waals surface area (Å²) in [4.78, 5) is 0. The van der Waals surface area contributed by atoms with E-state index < -0.39 is 0 Å². The Morgan fingerprint density at radius 1 is 1.57 bits per heavy atom. The maximum absolute atomic E-state index is 3.30. The van der Waals surface area contributed by atoms with Crippen LogP contribution in [0.4, 0.5) is 0 Å². The van der Waals surface area contributed by atoms with Gasteiger partial charge in [-0.2, -0.15) is 0 Å². The van der Waals surface area contributed by atoms with Gasteiger partial charge in [-0.1, -0.05) is 6.92 Å². The van der Waals surface area contributed by atoms with Crippen LogP contribution in [-0.2, 0) is 0 Å². The Kier molecular flexibility index (Phi) is 1.69. The largest absolute Gasteiger partial charge is 0.316 e. The lowest BCUT2D eigenvalue weighted by Crippen LogP contribution is -2.26. The Morgan fingerprint density at radius 2 is 2.43 bits per heavy atom. The molecule has 1 N–H and O–H groups in total. The predicted molar refractivity (Wildman–Crippen MR) is 31.0 cm³/mol. The van der Waals surface area contributed by atoms with Crippen LogP contribution in [-0.4, -0.2) is 13.1 Å². The molecule has 0 atom stereocenters. The van der Waals surface area contributed by atoms with Gasteiger partial charge in [0.25, 0.3) is 0 Å². The summed E-state index contributed by atoms with van der Waals surface area (Å²) in [6, 6.07) is 0. The molecular weight excluding hydrogens is 86.1 g/mol. The van der Waals surface area contributed by atoms with Crippen LogP contribution in [0.15, 0.2) is 0 Å². The minimum atomic E-state index is 1.15. The molecule has 0 aromatic heterocycles. The van der Waals surface area contributed by atoms with Crippen molar-refractivity contribution in [3.8, 4) is 0 Å². The normalized spacial score (nSPS) is 25.3. The highest BCUT2D eigenvalue weighted by molar-refractivity contribution is 4.89. The molecule has 1 radical (unpaired) electrons.